The van der Waals surface area contributed by atoms with E-state index >= 15 is 0 Å². The first-order chi connectivity index (χ1) is 13.1. The van der Waals surface area contributed by atoms with E-state index in [2.05, 4.69) is 9.80 Å². The van der Waals surface area contributed by atoms with Gasteiger partial charge in [0, 0.05) is 45.7 Å². The fourth-order valence-corrected chi connectivity index (χ4v) is 5.17. The van der Waals surface area contributed by atoms with E-state index in [1.54, 1.807) is 0 Å². The van der Waals surface area contributed by atoms with Crippen LogP contribution in [0.2, 0.25) is 0 Å². The Kier molecular flexibility index (Phi) is 5.50. The van der Waals surface area contributed by atoms with Crippen LogP contribution in [-0.2, 0) is 14.4 Å². The van der Waals surface area contributed by atoms with Crippen molar-refractivity contribution in [1.82, 2.24) is 19.6 Å². The number of piperidine rings is 1. The minimum absolute atomic E-state index is 0.00426. The van der Waals surface area contributed by atoms with Crippen molar-refractivity contribution >= 4 is 17.7 Å². The molecule has 1 saturated carbocycles. The highest BCUT2D eigenvalue weighted by molar-refractivity contribution is 6.06. The number of carbonyl (C=O) groups excluding carboxylic acids is 3. The Labute approximate surface area is 161 Å². The predicted molar refractivity (Wildman–Crippen MR) is 101 cm³/mol. The second-order valence-electron chi connectivity index (χ2n) is 8.77. The van der Waals surface area contributed by atoms with Gasteiger partial charge in [0.25, 0.3) is 0 Å². The van der Waals surface area contributed by atoms with E-state index in [9.17, 15) is 14.4 Å². The van der Waals surface area contributed by atoms with Crippen LogP contribution in [0, 0.1) is 5.41 Å². The number of hydrogen-bond acceptors (Lipinski definition) is 5. The number of likely N-dealkylation sites (tertiary alicyclic amines) is 2. The summed E-state index contributed by atoms with van der Waals surface area (Å²) in [6, 6.07) is 0. The fraction of sp³-hybridized carbons (Fsp3) is 0.850. The van der Waals surface area contributed by atoms with Gasteiger partial charge < -0.3 is 4.90 Å². The Morgan fingerprint density at radius 3 is 2.11 bits per heavy atom. The van der Waals surface area contributed by atoms with E-state index < -0.39 is 0 Å². The molecule has 3 amide bonds. The predicted octanol–water partition coefficient (Wildman–Crippen LogP) is 0.893. The fourth-order valence-electron chi connectivity index (χ4n) is 5.17. The average molecular weight is 377 g/mol. The Morgan fingerprint density at radius 2 is 1.44 bits per heavy atom. The number of piperazine rings is 1. The van der Waals surface area contributed by atoms with E-state index in [1.807, 2.05) is 4.90 Å². The standard InChI is InChI=1S/C20H32N4O3/c25-17-14-20(6-2-3-7-20)19(27)24(17)16-22-12-10-21(11-13-22)15-18(26)23-8-4-1-5-9-23/h1-16H2. The molecule has 0 atom stereocenters. The summed E-state index contributed by atoms with van der Waals surface area (Å²) in [4.78, 5) is 45.6. The maximum atomic E-state index is 12.8. The lowest BCUT2D eigenvalue weighted by Gasteiger charge is -2.37. The number of imide groups is 1. The van der Waals surface area contributed by atoms with Gasteiger partial charge in [-0.15, -0.1) is 0 Å². The highest BCUT2D eigenvalue weighted by Crippen LogP contribution is 2.46. The van der Waals surface area contributed by atoms with Gasteiger partial charge in [-0.25, -0.2) is 0 Å². The molecule has 0 N–H and O–H groups in total. The van der Waals surface area contributed by atoms with Crippen LogP contribution in [0.5, 0.6) is 0 Å². The molecule has 0 unspecified atom stereocenters. The minimum atomic E-state index is -0.375. The lowest BCUT2D eigenvalue weighted by atomic mass is 9.85. The molecule has 0 aromatic rings. The highest BCUT2D eigenvalue weighted by Gasteiger charge is 2.52. The Balaban J connectivity index is 1.24. The van der Waals surface area contributed by atoms with Crippen LogP contribution in [0.3, 0.4) is 0 Å². The molecule has 150 valence electrons. The van der Waals surface area contributed by atoms with Crippen LogP contribution in [-0.4, -0.2) is 89.8 Å². The first-order valence-corrected chi connectivity index (χ1v) is 10.6. The summed E-state index contributed by atoms with van der Waals surface area (Å²) < 4.78 is 0. The highest BCUT2D eigenvalue weighted by atomic mass is 16.2. The Morgan fingerprint density at radius 1 is 0.815 bits per heavy atom. The van der Waals surface area contributed by atoms with Gasteiger partial charge in [0.1, 0.15) is 0 Å². The quantitative estimate of drug-likeness (QED) is 0.682. The van der Waals surface area contributed by atoms with Crippen LogP contribution >= 0.6 is 0 Å². The third-order valence-corrected chi connectivity index (χ3v) is 6.92. The molecule has 0 radical (unpaired) electrons. The molecule has 0 bridgehead atoms. The summed E-state index contributed by atoms with van der Waals surface area (Å²) in [5.41, 5.74) is -0.375. The van der Waals surface area contributed by atoms with Crippen LogP contribution < -0.4 is 0 Å². The lowest BCUT2D eigenvalue weighted by molar-refractivity contribution is -0.144. The molecule has 0 aromatic heterocycles. The maximum Gasteiger partial charge on any atom is 0.237 e. The molecule has 4 fully saturated rings. The summed E-state index contributed by atoms with van der Waals surface area (Å²) in [7, 11) is 0. The van der Waals surface area contributed by atoms with Crippen molar-refractivity contribution in [2.24, 2.45) is 5.41 Å². The van der Waals surface area contributed by atoms with Crippen LogP contribution in [0.1, 0.15) is 51.4 Å². The number of hydrogen-bond donors (Lipinski definition) is 0. The molecule has 7 nitrogen and oxygen atoms in total. The molecule has 1 spiro atoms. The summed E-state index contributed by atoms with van der Waals surface area (Å²) in [6.07, 6.45) is 7.78. The number of amides is 3. The maximum absolute atomic E-state index is 12.8. The second-order valence-corrected chi connectivity index (χ2v) is 8.77. The molecule has 1 aliphatic carbocycles. The van der Waals surface area contributed by atoms with Gasteiger partial charge >= 0.3 is 0 Å². The first-order valence-electron chi connectivity index (χ1n) is 10.6. The molecule has 3 aliphatic heterocycles. The third-order valence-electron chi connectivity index (χ3n) is 6.92. The summed E-state index contributed by atoms with van der Waals surface area (Å²) >= 11 is 0. The van der Waals surface area contributed by atoms with Gasteiger partial charge in [-0.05, 0) is 32.1 Å². The van der Waals surface area contributed by atoms with Crippen LogP contribution in [0.15, 0.2) is 0 Å². The monoisotopic (exact) mass is 376 g/mol. The average Bonchev–Trinajstić information content (AvgIpc) is 3.25. The summed E-state index contributed by atoms with van der Waals surface area (Å²) in [5.74, 6) is 0.313. The molecule has 3 heterocycles. The minimum Gasteiger partial charge on any atom is -0.342 e. The van der Waals surface area contributed by atoms with Crippen molar-refractivity contribution in [1.29, 1.82) is 0 Å². The molecular formula is C20H32N4O3. The van der Waals surface area contributed by atoms with Gasteiger partial charge in [-0.1, -0.05) is 12.8 Å². The SMILES string of the molecule is O=C(CN1CCN(CN2C(=O)CC3(CCCC3)C2=O)CC1)N1CCCCC1. The Hall–Kier alpha value is -1.47. The van der Waals surface area contributed by atoms with Crippen molar-refractivity contribution in [3.8, 4) is 0 Å². The molecule has 27 heavy (non-hydrogen) atoms. The van der Waals surface area contributed by atoms with Crippen LogP contribution in [0.25, 0.3) is 0 Å². The van der Waals surface area contributed by atoms with E-state index in [1.165, 1.54) is 11.3 Å². The van der Waals surface area contributed by atoms with Crippen molar-refractivity contribution < 1.29 is 14.4 Å². The van der Waals surface area contributed by atoms with Gasteiger partial charge in [-0.2, -0.15) is 0 Å². The van der Waals surface area contributed by atoms with Gasteiger partial charge in [0.2, 0.25) is 17.7 Å². The smallest absolute Gasteiger partial charge is 0.237 e. The van der Waals surface area contributed by atoms with E-state index in [4.69, 9.17) is 0 Å². The molecular weight excluding hydrogens is 344 g/mol. The number of nitrogens with zero attached hydrogens (tertiary/aromatic N) is 4. The largest absolute Gasteiger partial charge is 0.342 e. The van der Waals surface area contributed by atoms with Crippen molar-refractivity contribution in [2.45, 2.75) is 51.4 Å². The van der Waals surface area contributed by atoms with E-state index in [0.29, 0.717) is 19.6 Å². The molecule has 4 rings (SSSR count). The van der Waals surface area contributed by atoms with Crippen molar-refractivity contribution in [3.05, 3.63) is 0 Å². The zero-order valence-corrected chi connectivity index (χ0v) is 16.3. The zero-order chi connectivity index (χ0) is 18.9. The van der Waals surface area contributed by atoms with Gasteiger partial charge in [0.05, 0.1) is 18.6 Å². The normalized spacial score (nSPS) is 27.1. The first kappa shape index (κ1) is 18.9. The zero-order valence-electron chi connectivity index (χ0n) is 16.3. The topological polar surface area (TPSA) is 64.2 Å². The third kappa shape index (κ3) is 3.90. The van der Waals surface area contributed by atoms with Gasteiger partial charge in [-0.3, -0.25) is 29.1 Å². The molecule has 3 saturated heterocycles. The molecule has 0 aromatic carbocycles. The molecule has 7 heteroatoms. The Bertz CT molecular complexity index is 588. The summed E-state index contributed by atoms with van der Waals surface area (Å²) in [5, 5.41) is 0. The van der Waals surface area contributed by atoms with E-state index in [-0.39, 0.29) is 23.1 Å². The molecule has 4 aliphatic rings. The lowest BCUT2D eigenvalue weighted by Crippen LogP contribution is -2.53. The number of rotatable bonds is 4. The summed E-state index contributed by atoms with van der Waals surface area (Å²) in [6.45, 7) is 5.97. The van der Waals surface area contributed by atoms with Crippen molar-refractivity contribution in [3.63, 3.8) is 0 Å². The second kappa shape index (κ2) is 7.87. The number of carbonyl (C=O) groups is 3. The van der Waals surface area contributed by atoms with Gasteiger partial charge in [0.15, 0.2) is 0 Å². The van der Waals surface area contributed by atoms with Crippen molar-refractivity contribution in [2.75, 3.05) is 52.5 Å². The van der Waals surface area contributed by atoms with Crippen LogP contribution in [0.4, 0.5) is 0 Å². The van der Waals surface area contributed by atoms with E-state index in [0.717, 1.165) is 77.8 Å².